The van der Waals surface area contributed by atoms with Crippen LogP contribution in [0, 0.1) is 0 Å². The first-order valence-corrected chi connectivity index (χ1v) is 8.81. The molecule has 1 aliphatic heterocycles. The van der Waals surface area contributed by atoms with Gasteiger partial charge in [0, 0.05) is 24.2 Å². The molecule has 3 rings (SSSR count). The quantitative estimate of drug-likeness (QED) is 0.918. The maximum atomic E-state index is 13.3. The topological polar surface area (TPSA) is 60.9 Å². The van der Waals surface area contributed by atoms with Crippen LogP contribution in [-0.2, 0) is 0 Å². The van der Waals surface area contributed by atoms with Crippen molar-refractivity contribution in [3.63, 3.8) is 0 Å². The van der Waals surface area contributed by atoms with Gasteiger partial charge in [0.15, 0.2) is 0 Å². The summed E-state index contributed by atoms with van der Waals surface area (Å²) in [6.45, 7) is 2.78. The van der Waals surface area contributed by atoms with Gasteiger partial charge in [0.2, 0.25) is 0 Å². The second-order valence-corrected chi connectivity index (χ2v) is 6.96. The van der Waals surface area contributed by atoms with Crippen LogP contribution < -0.4 is 0 Å². The van der Waals surface area contributed by atoms with E-state index in [2.05, 4.69) is 11.8 Å². The van der Waals surface area contributed by atoms with Crippen molar-refractivity contribution in [2.45, 2.75) is 25.4 Å². The van der Waals surface area contributed by atoms with E-state index in [0.29, 0.717) is 29.3 Å². The van der Waals surface area contributed by atoms with Crippen molar-refractivity contribution in [3.05, 3.63) is 59.7 Å². The Bertz CT molecular complexity index is 832. The molecule has 1 aliphatic rings. The Balaban J connectivity index is 2.01. The van der Waals surface area contributed by atoms with Gasteiger partial charge in [-0.3, -0.25) is 4.79 Å². The second kappa shape index (κ2) is 7.30. The van der Waals surface area contributed by atoms with Gasteiger partial charge < -0.3 is 14.9 Å². The van der Waals surface area contributed by atoms with Crippen LogP contribution in [0.1, 0.15) is 34.1 Å². The van der Waals surface area contributed by atoms with Gasteiger partial charge in [-0.15, -0.1) is 0 Å². The minimum absolute atomic E-state index is 0.0439. The summed E-state index contributed by atoms with van der Waals surface area (Å²) in [7, 11) is 4.07. The largest absolute Gasteiger partial charge is 0.478 e. The number of hydrogen-bond acceptors (Lipinski definition) is 3. The Hall–Kier alpha value is -2.66. The molecule has 2 aromatic rings. The van der Waals surface area contributed by atoms with Crippen LogP contribution in [0.25, 0.3) is 11.1 Å². The van der Waals surface area contributed by atoms with E-state index in [4.69, 9.17) is 0 Å². The van der Waals surface area contributed by atoms with E-state index in [1.807, 2.05) is 37.2 Å². The highest BCUT2D eigenvalue weighted by Crippen LogP contribution is 2.30. The molecule has 0 radical (unpaired) electrons. The van der Waals surface area contributed by atoms with Crippen molar-refractivity contribution in [2.75, 3.05) is 20.6 Å². The lowest BCUT2D eigenvalue weighted by Crippen LogP contribution is -2.42. The molecule has 26 heavy (non-hydrogen) atoms. The van der Waals surface area contributed by atoms with E-state index in [1.54, 1.807) is 30.3 Å². The van der Waals surface area contributed by atoms with Gasteiger partial charge in [0.05, 0.1) is 5.56 Å². The summed E-state index contributed by atoms with van der Waals surface area (Å²) in [5, 5.41) is 9.50. The molecular formula is C21H24N2O3. The smallest absolute Gasteiger partial charge is 0.336 e. The number of carbonyl (C=O) groups excluding carboxylic acids is 1. The predicted octanol–water partition coefficient (Wildman–Crippen LogP) is 3.22. The molecule has 0 aliphatic carbocycles. The van der Waals surface area contributed by atoms with Crippen LogP contribution in [0.2, 0.25) is 0 Å². The summed E-state index contributed by atoms with van der Waals surface area (Å²) >= 11 is 0. The van der Waals surface area contributed by atoms with Crippen LogP contribution in [0.15, 0.2) is 48.5 Å². The van der Waals surface area contributed by atoms with Crippen molar-refractivity contribution >= 4 is 11.9 Å². The van der Waals surface area contributed by atoms with Gasteiger partial charge in [-0.1, -0.05) is 36.4 Å². The van der Waals surface area contributed by atoms with E-state index in [9.17, 15) is 14.7 Å². The van der Waals surface area contributed by atoms with Crippen molar-refractivity contribution < 1.29 is 14.7 Å². The molecule has 2 aromatic carbocycles. The lowest BCUT2D eigenvalue weighted by molar-refractivity contribution is 0.0693. The van der Waals surface area contributed by atoms with Gasteiger partial charge in [0.1, 0.15) is 0 Å². The third-order valence-electron chi connectivity index (χ3n) is 5.24. The first-order chi connectivity index (χ1) is 12.4. The number of likely N-dealkylation sites (tertiary alicyclic amines) is 1. The second-order valence-electron chi connectivity index (χ2n) is 6.96. The summed E-state index contributed by atoms with van der Waals surface area (Å²) in [6.07, 6.45) is 0.938. The monoisotopic (exact) mass is 352 g/mol. The van der Waals surface area contributed by atoms with E-state index < -0.39 is 5.97 Å². The Morgan fingerprint density at radius 2 is 1.54 bits per heavy atom. The molecule has 0 bridgehead atoms. The molecule has 5 heteroatoms. The first-order valence-electron chi connectivity index (χ1n) is 8.81. The van der Waals surface area contributed by atoms with Crippen molar-refractivity contribution in [3.8, 4) is 11.1 Å². The number of aromatic carboxylic acids is 1. The molecular weight excluding hydrogens is 328 g/mol. The van der Waals surface area contributed by atoms with Crippen molar-refractivity contribution in [2.24, 2.45) is 0 Å². The number of nitrogens with zero attached hydrogens (tertiary/aromatic N) is 2. The zero-order chi connectivity index (χ0) is 18.8. The maximum absolute atomic E-state index is 13.3. The Morgan fingerprint density at radius 1 is 1.00 bits per heavy atom. The zero-order valence-corrected chi connectivity index (χ0v) is 15.3. The Labute approximate surface area is 153 Å². The fourth-order valence-electron chi connectivity index (χ4n) is 3.86. The highest BCUT2D eigenvalue weighted by atomic mass is 16.4. The number of likely N-dealkylation sites (N-methyl/N-ethyl adjacent to an activating group) is 1. The van der Waals surface area contributed by atoms with Gasteiger partial charge in [0.25, 0.3) is 5.91 Å². The van der Waals surface area contributed by atoms with Crippen LogP contribution in [0.3, 0.4) is 0 Å². The molecule has 136 valence electrons. The van der Waals surface area contributed by atoms with Crippen LogP contribution in [0.4, 0.5) is 0 Å². The molecule has 2 unspecified atom stereocenters. The number of benzene rings is 2. The number of hydrogen-bond donors (Lipinski definition) is 1. The normalized spacial score (nSPS) is 19.8. The van der Waals surface area contributed by atoms with Crippen LogP contribution in [-0.4, -0.2) is 59.5 Å². The summed E-state index contributed by atoms with van der Waals surface area (Å²) in [4.78, 5) is 28.9. The Kier molecular flexibility index (Phi) is 5.09. The van der Waals surface area contributed by atoms with Gasteiger partial charge >= 0.3 is 5.97 Å². The fraction of sp³-hybridized carbons (Fsp3) is 0.333. The minimum Gasteiger partial charge on any atom is -0.478 e. The first kappa shape index (κ1) is 18.1. The minimum atomic E-state index is -0.995. The summed E-state index contributed by atoms with van der Waals surface area (Å²) in [5.41, 5.74) is 1.98. The average Bonchev–Trinajstić information content (AvgIpc) is 3.02. The van der Waals surface area contributed by atoms with E-state index in [1.165, 1.54) is 0 Å². The van der Waals surface area contributed by atoms with Crippen LogP contribution in [0.5, 0.6) is 0 Å². The molecule has 0 spiro atoms. The number of rotatable bonds is 4. The number of carbonyl (C=O) groups is 2. The number of carboxylic acid groups (broad SMARTS) is 1. The van der Waals surface area contributed by atoms with E-state index >= 15 is 0 Å². The van der Waals surface area contributed by atoms with E-state index in [-0.39, 0.29) is 17.5 Å². The van der Waals surface area contributed by atoms with Gasteiger partial charge in [-0.25, -0.2) is 4.79 Å². The summed E-state index contributed by atoms with van der Waals surface area (Å²) in [5.74, 6) is -1.04. The standard InChI is InChI=1S/C21H24N2O3/c1-14-19(22(2)3)12-13-23(14)20(24)17-10-6-4-8-15(17)16-9-5-7-11-18(16)21(25)26/h4-11,14,19H,12-13H2,1-3H3,(H,25,26). The molecule has 1 amide bonds. The third-order valence-corrected chi connectivity index (χ3v) is 5.24. The summed E-state index contributed by atoms with van der Waals surface area (Å²) < 4.78 is 0. The predicted molar refractivity (Wildman–Crippen MR) is 101 cm³/mol. The maximum Gasteiger partial charge on any atom is 0.336 e. The molecule has 1 fully saturated rings. The zero-order valence-electron chi connectivity index (χ0n) is 15.3. The number of amides is 1. The molecule has 5 nitrogen and oxygen atoms in total. The highest BCUT2D eigenvalue weighted by molar-refractivity contribution is 6.04. The van der Waals surface area contributed by atoms with Gasteiger partial charge in [-0.2, -0.15) is 0 Å². The van der Waals surface area contributed by atoms with Crippen molar-refractivity contribution in [1.29, 1.82) is 0 Å². The SMILES string of the molecule is CC1C(N(C)C)CCN1C(=O)c1ccccc1-c1ccccc1C(=O)O. The number of carboxylic acids is 1. The lowest BCUT2D eigenvalue weighted by Gasteiger charge is -2.29. The summed E-state index contributed by atoms with van der Waals surface area (Å²) in [6, 6.07) is 14.5. The average molecular weight is 352 g/mol. The molecule has 1 N–H and O–H groups in total. The van der Waals surface area contributed by atoms with Crippen molar-refractivity contribution in [1.82, 2.24) is 9.80 Å². The molecule has 2 atom stereocenters. The molecule has 0 aromatic heterocycles. The lowest BCUT2D eigenvalue weighted by atomic mass is 9.94. The Morgan fingerprint density at radius 3 is 2.08 bits per heavy atom. The fourth-order valence-corrected chi connectivity index (χ4v) is 3.86. The van der Waals surface area contributed by atoms with Crippen LogP contribution >= 0.6 is 0 Å². The highest BCUT2D eigenvalue weighted by Gasteiger charge is 2.36. The molecule has 1 saturated heterocycles. The van der Waals surface area contributed by atoms with Gasteiger partial charge in [-0.05, 0) is 50.7 Å². The van der Waals surface area contributed by atoms with E-state index in [0.717, 1.165) is 6.42 Å². The third kappa shape index (κ3) is 3.22. The molecule has 1 heterocycles. The molecule has 0 saturated carbocycles.